The average Bonchev–Trinajstić information content (AvgIpc) is 2.29. The molecule has 0 N–H and O–H groups in total. The molecule has 2 unspecified atom stereocenters. The third kappa shape index (κ3) is 4.39. The van der Waals surface area contributed by atoms with Crippen molar-refractivity contribution in [2.75, 3.05) is 26.5 Å². The smallest absolute Gasteiger partial charge is 0.214 e. The van der Waals surface area contributed by atoms with E-state index in [2.05, 4.69) is 0 Å². The number of alkyl halides is 1. The maximum Gasteiger partial charge on any atom is 0.214 e. The summed E-state index contributed by atoms with van der Waals surface area (Å²) in [5, 5.41) is -0.0500. The van der Waals surface area contributed by atoms with Gasteiger partial charge in [0.2, 0.25) is 10.0 Å². The van der Waals surface area contributed by atoms with Crippen molar-refractivity contribution in [3.8, 4) is 0 Å². The van der Waals surface area contributed by atoms with Crippen molar-refractivity contribution in [1.82, 2.24) is 4.31 Å². The Bertz CT molecular complexity index is 321. The van der Waals surface area contributed by atoms with Crippen LogP contribution in [0.4, 0.5) is 0 Å². The van der Waals surface area contributed by atoms with Gasteiger partial charge in [0.25, 0.3) is 0 Å². The van der Waals surface area contributed by atoms with E-state index in [0.29, 0.717) is 13.0 Å². The van der Waals surface area contributed by atoms with Crippen molar-refractivity contribution in [2.45, 2.75) is 43.5 Å². The number of methoxy groups -OCH3 is 1. The molecule has 102 valence electrons. The van der Waals surface area contributed by atoms with E-state index in [1.165, 1.54) is 4.31 Å². The summed E-state index contributed by atoms with van der Waals surface area (Å²) in [4.78, 5) is 0. The largest absolute Gasteiger partial charge is 0.385 e. The molecule has 0 spiro atoms. The molecule has 0 radical (unpaired) electrons. The topological polar surface area (TPSA) is 46.6 Å². The lowest BCUT2D eigenvalue weighted by Gasteiger charge is -2.34. The summed E-state index contributed by atoms with van der Waals surface area (Å²) in [6, 6.07) is -0.0436. The predicted molar refractivity (Wildman–Crippen MR) is 69.9 cm³/mol. The normalized spacial score (nSPS) is 26.4. The standard InChI is InChI=1S/C11H22ClNO3S/c1-13(11-7-4-3-6-10(11)12)17(14,15)9-5-8-16-2/h10-11H,3-9H2,1-2H3. The second-order valence-electron chi connectivity index (χ2n) is 4.55. The van der Waals surface area contributed by atoms with Crippen LogP contribution in [0.3, 0.4) is 0 Å². The molecule has 1 fully saturated rings. The Morgan fingerprint density at radius 3 is 2.59 bits per heavy atom. The Balaban J connectivity index is 2.57. The molecule has 2 atom stereocenters. The van der Waals surface area contributed by atoms with Gasteiger partial charge in [0.05, 0.1) is 11.1 Å². The van der Waals surface area contributed by atoms with E-state index in [-0.39, 0.29) is 17.2 Å². The summed E-state index contributed by atoms with van der Waals surface area (Å²) in [7, 11) is 0.0258. The molecule has 0 aromatic rings. The Hall–Kier alpha value is 0.160. The highest BCUT2D eigenvalue weighted by atomic mass is 35.5. The maximum atomic E-state index is 12.1. The van der Waals surface area contributed by atoms with Crippen molar-refractivity contribution in [3.63, 3.8) is 0 Å². The lowest BCUT2D eigenvalue weighted by atomic mass is 9.95. The van der Waals surface area contributed by atoms with Crippen LogP contribution in [0.1, 0.15) is 32.1 Å². The summed E-state index contributed by atoms with van der Waals surface area (Å²) in [6.07, 6.45) is 4.47. The van der Waals surface area contributed by atoms with Crippen LogP contribution < -0.4 is 0 Å². The second-order valence-corrected chi connectivity index (χ2v) is 7.25. The molecule has 1 aliphatic rings. The molecule has 0 aromatic carbocycles. The highest BCUT2D eigenvalue weighted by molar-refractivity contribution is 7.89. The van der Waals surface area contributed by atoms with Crippen LogP contribution in [0.2, 0.25) is 0 Å². The Morgan fingerprint density at radius 2 is 2.00 bits per heavy atom. The highest BCUT2D eigenvalue weighted by Crippen LogP contribution is 2.28. The minimum atomic E-state index is -3.20. The minimum Gasteiger partial charge on any atom is -0.385 e. The van der Waals surface area contributed by atoms with E-state index in [9.17, 15) is 8.42 Å². The quantitative estimate of drug-likeness (QED) is 0.552. The van der Waals surface area contributed by atoms with Crippen LogP contribution in [-0.4, -0.2) is 50.7 Å². The fraction of sp³-hybridized carbons (Fsp3) is 1.00. The zero-order chi connectivity index (χ0) is 12.9. The van der Waals surface area contributed by atoms with Crippen LogP contribution in [0.25, 0.3) is 0 Å². The number of hydrogen-bond acceptors (Lipinski definition) is 3. The zero-order valence-electron chi connectivity index (χ0n) is 10.6. The van der Waals surface area contributed by atoms with Gasteiger partial charge in [0.1, 0.15) is 0 Å². The van der Waals surface area contributed by atoms with E-state index >= 15 is 0 Å². The Morgan fingerprint density at radius 1 is 1.35 bits per heavy atom. The molecule has 17 heavy (non-hydrogen) atoms. The first kappa shape index (κ1) is 15.2. The van der Waals surface area contributed by atoms with Crippen LogP contribution >= 0.6 is 11.6 Å². The zero-order valence-corrected chi connectivity index (χ0v) is 12.1. The summed E-state index contributed by atoms with van der Waals surface area (Å²) < 4.78 is 30.5. The highest BCUT2D eigenvalue weighted by Gasteiger charge is 2.32. The van der Waals surface area contributed by atoms with Crippen molar-refractivity contribution < 1.29 is 13.2 Å². The predicted octanol–water partition coefficient (Wildman–Crippen LogP) is 1.83. The molecule has 0 amide bonds. The van der Waals surface area contributed by atoms with Crippen molar-refractivity contribution >= 4 is 21.6 Å². The molecule has 6 heteroatoms. The summed E-state index contributed by atoms with van der Waals surface area (Å²) >= 11 is 6.21. The number of nitrogens with zero attached hydrogens (tertiary/aromatic N) is 1. The monoisotopic (exact) mass is 283 g/mol. The van der Waals surface area contributed by atoms with E-state index in [4.69, 9.17) is 16.3 Å². The van der Waals surface area contributed by atoms with Crippen LogP contribution in [0.5, 0.6) is 0 Å². The first-order valence-electron chi connectivity index (χ1n) is 6.07. The summed E-state index contributed by atoms with van der Waals surface area (Å²) in [6.45, 7) is 0.474. The molecular formula is C11H22ClNO3S. The minimum absolute atomic E-state index is 0.0436. The molecule has 0 aromatic heterocycles. The van der Waals surface area contributed by atoms with Gasteiger partial charge < -0.3 is 4.74 Å². The molecule has 0 saturated heterocycles. The van der Waals surface area contributed by atoms with Crippen molar-refractivity contribution in [3.05, 3.63) is 0 Å². The molecule has 4 nitrogen and oxygen atoms in total. The molecule has 0 heterocycles. The average molecular weight is 284 g/mol. The number of halogens is 1. The van der Waals surface area contributed by atoms with Crippen LogP contribution in [0, 0.1) is 0 Å². The fourth-order valence-corrected chi connectivity index (χ4v) is 4.16. The van der Waals surface area contributed by atoms with Gasteiger partial charge in [0, 0.05) is 26.8 Å². The van der Waals surface area contributed by atoms with Gasteiger partial charge in [0.15, 0.2) is 0 Å². The number of sulfonamides is 1. The van der Waals surface area contributed by atoms with E-state index in [0.717, 1.165) is 25.7 Å². The van der Waals surface area contributed by atoms with Gasteiger partial charge in [-0.1, -0.05) is 12.8 Å². The fourth-order valence-electron chi connectivity index (χ4n) is 2.21. The van der Waals surface area contributed by atoms with Gasteiger partial charge in [-0.25, -0.2) is 12.7 Å². The molecule has 1 rings (SSSR count). The summed E-state index contributed by atoms with van der Waals surface area (Å²) in [5.41, 5.74) is 0. The lowest BCUT2D eigenvalue weighted by Crippen LogP contribution is -2.45. The lowest BCUT2D eigenvalue weighted by molar-refractivity contribution is 0.199. The first-order valence-corrected chi connectivity index (χ1v) is 8.12. The molecule has 1 saturated carbocycles. The van der Waals surface area contributed by atoms with Crippen molar-refractivity contribution in [2.24, 2.45) is 0 Å². The Labute approximate surface area is 109 Å². The number of ether oxygens (including phenoxy) is 1. The third-order valence-corrected chi connectivity index (χ3v) is 5.77. The SMILES string of the molecule is COCCCS(=O)(=O)N(C)C1CCCCC1Cl. The van der Waals surface area contributed by atoms with E-state index in [1.807, 2.05) is 0 Å². The maximum absolute atomic E-state index is 12.1. The van der Waals surface area contributed by atoms with Crippen LogP contribution in [-0.2, 0) is 14.8 Å². The molecular weight excluding hydrogens is 262 g/mol. The molecule has 0 aliphatic heterocycles. The van der Waals surface area contributed by atoms with E-state index < -0.39 is 10.0 Å². The third-order valence-electron chi connectivity index (χ3n) is 3.30. The van der Waals surface area contributed by atoms with Gasteiger partial charge in [-0.2, -0.15) is 0 Å². The van der Waals surface area contributed by atoms with Crippen LogP contribution in [0.15, 0.2) is 0 Å². The Kier molecular flexibility index (Phi) is 6.20. The van der Waals surface area contributed by atoms with Gasteiger partial charge in [-0.3, -0.25) is 0 Å². The molecule has 0 bridgehead atoms. The molecule has 1 aliphatic carbocycles. The van der Waals surface area contributed by atoms with Gasteiger partial charge >= 0.3 is 0 Å². The van der Waals surface area contributed by atoms with Crippen molar-refractivity contribution in [1.29, 1.82) is 0 Å². The van der Waals surface area contributed by atoms with Gasteiger partial charge in [-0.15, -0.1) is 11.6 Å². The van der Waals surface area contributed by atoms with E-state index in [1.54, 1.807) is 14.2 Å². The number of hydrogen-bond donors (Lipinski definition) is 0. The first-order chi connectivity index (χ1) is 7.99. The second kappa shape index (κ2) is 6.92. The van der Waals surface area contributed by atoms with Gasteiger partial charge in [-0.05, 0) is 19.3 Å². The summed E-state index contributed by atoms with van der Waals surface area (Å²) in [5.74, 6) is 0.136. The number of rotatable bonds is 6.